The Kier molecular flexibility index (Phi) is 7.33. The SMILES string of the molecule is CC1(C)c2ccccc2-c2ccc(N(c3ccccc3)C3C=CC(c4ccc5c(c4)c4ccccc4n5-c4ccc(-c5ccccc5)cc4)=CC3)cc21. The molecule has 8 aromatic rings. The third-order valence-electron chi connectivity index (χ3n) is 11.5. The highest BCUT2D eigenvalue weighted by molar-refractivity contribution is 6.10. The molecule has 2 aliphatic rings. The van der Waals surface area contributed by atoms with Gasteiger partial charge < -0.3 is 9.47 Å². The number of nitrogens with zero attached hydrogens (tertiary/aromatic N) is 2. The Balaban J connectivity index is 0.988. The summed E-state index contributed by atoms with van der Waals surface area (Å²) in [5, 5.41) is 2.54. The monoisotopic (exact) mass is 680 g/mol. The van der Waals surface area contributed by atoms with Gasteiger partial charge >= 0.3 is 0 Å². The summed E-state index contributed by atoms with van der Waals surface area (Å²) < 4.78 is 2.40. The van der Waals surface area contributed by atoms with Crippen molar-refractivity contribution >= 4 is 38.8 Å². The van der Waals surface area contributed by atoms with Crippen LogP contribution in [0.1, 0.15) is 37.0 Å². The topological polar surface area (TPSA) is 8.17 Å². The van der Waals surface area contributed by atoms with Crippen molar-refractivity contribution in [2.45, 2.75) is 31.7 Å². The van der Waals surface area contributed by atoms with Crippen molar-refractivity contribution in [1.29, 1.82) is 0 Å². The normalized spacial score (nSPS) is 15.7. The summed E-state index contributed by atoms with van der Waals surface area (Å²) in [5.41, 5.74) is 16.5. The molecular weight excluding hydrogens is 641 g/mol. The maximum atomic E-state index is 2.52. The van der Waals surface area contributed by atoms with Crippen LogP contribution in [0.3, 0.4) is 0 Å². The van der Waals surface area contributed by atoms with Gasteiger partial charge in [0.25, 0.3) is 0 Å². The Hall–Kier alpha value is -6.38. The minimum Gasteiger partial charge on any atom is -0.334 e. The fourth-order valence-electron chi connectivity index (χ4n) is 8.84. The van der Waals surface area contributed by atoms with Gasteiger partial charge in [-0.25, -0.2) is 0 Å². The van der Waals surface area contributed by atoms with Gasteiger partial charge in [-0.2, -0.15) is 0 Å². The lowest BCUT2D eigenvalue weighted by Gasteiger charge is -2.34. The van der Waals surface area contributed by atoms with Crippen LogP contribution in [0.15, 0.2) is 188 Å². The van der Waals surface area contributed by atoms with E-state index in [1.807, 2.05) is 0 Å². The van der Waals surface area contributed by atoms with Gasteiger partial charge in [0.15, 0.2) is 0 Å². The number of allylic oxidation sites excluding steroid dienone is 2. The molecule has 2 aliphatic carbocycles. The highest BCUT2D eigenvalue weighted by Crippen LogP contribution is 2.50. The van der Waals surface area contributed by atoms with Crippen molar-refractivity contribution in [1.82, 2.24) is 4.57 Å². The molecule has 53 heavy (non-hydrogen) atoms. The standard InChI is InChI=1S/C51H40N2/c1-51(2)47-19-11-9-17-43(47)44-31-30-42(34-48(44)51)52(39-15-7-4-8-16-39)40-26-23-37(24-27-40)38-25-32-50-46(33-38)45-18-10-12-20-49(45)53(50)41-28-21-36(22-29-41)35-13-5-3-6-14-35/h3-26,28-34,40H,27H2,1-2H3. The molecule has 0 fully saturated rings. The lowest BCUT2D eigenvalue weighted by Crippen LogP contribution is -2.30. The van der Waals surface area contributed by atoms with E-state index in [2.05, 4.69) is 211 Å². The molecule has 0 spiro atoms. The molecule has 0 aliphatic heterocycles. The first-order valence-corrected chi connectivity index (χ1v) is 18.7. The van der Waals surface area contributed by atoms with Crippen LogP contribution in [0.4, 0.5) is 11.4 Å². The van der Waals surface area contributed by atoms with Crippen molar-refractivity contribution in [2.75, 3.05) is 4.90 Å². The smallest absolute Gasteiger partial charge is 0.0560 e. The van der Waals surface area contributed by atoms with Crippen molar-refractivity contribution in [3.05, 3.63) is 205 Å². The van der Waals surface area contributed by atoms with E-state index in [1.54, 1.807) is 0 Å². The van der Waals surface area contributed by atoms with Crippen LogP contribution in [-0.2, 0) is 5.41 Å². The lowest BCUT2D eigenvalue weighted by molar-refractivity contribution is 0.659. The Bertz CT molecular complexity index is 2710. The van der Waals surface area contributed by atoms with E-state index in [9.17, 15) is 0 Å². The van der Waals surface area contributed by atoms with E-state index in [1.165, 1.54) is 83.4 Å². The molecule has 7 aromatic carbocycles. The van der Waals surface area contributed by atoms with Gasteiger partial charge in [-0.05, 0) is 106 Å². The first-order valence-electron chi connectivity index (χ1n) is 18.7. The molecule has 2 nitrogen and oxygen atoms in total. The number of hydrogen-bond acceptors (Lipinski definition) is 1. The number of benzene rings is 7. The molecule has 254 valence electrons. The summed E-state index contributed by atoms with van der Waals surface area (Å²) in [4.78, 5) is 2.52. The van der Waals surface area contributed by atoms with Crippen LogP contribution in [0.5, 0.6) is 0 Å². The van der Waals surface area contributed by atoms with Gasteiger partial charge in [-0.1, -0.05) is 147 Å². The molecule has 1 unspecified atom stereocenters. The Morgan fingerprint density at radius 1 is 0.528 bits per heavy atom. The number of anilines is 2. The Morgan fingerprint density at radius 2 is 1.19 bits per heavy atom. The minimum atomic E-state index is -0.0485. The van der Waals surface area contributed by atoms with E-state index in [4.69, 9.17) is 0 Å². The molecule has 0 amide bonds. The van der Waals surface area contributed by atoms with Crippen LogP contribution in [0, 0.1) is 0 Å². The zero-order valence-corrected chi connectivity index (χ0v) is 30.1. The molecule has 1 aromatic heterocycles. The maximum Gasteiger partial charge on any atom is 0.0560 e. The second-order valence-corrected chi connectivity index (χ2v) is 14.9. The number of rotatable bonds is 6. The van der Waals surface area contributed by atoms with Crippen LogP contribution in [0.2, 0.25) is 0 Å². The summed E-state index contributed by atoms with van der Waals surface area (Å²) in [6, 6.07) is 62.3. The summed E-state index contributed by atoms with van der Waals surface area (Å²) >= 11 is 0. The average molecular weight is 681 g/mol. The molecule has 0 saturated carbocycles. The molecule has 0 radical (unpaired) electrons. The van der Waals surface area contributed by atoms with Crippen molar-refractivity contribution in [2.24, 2.45) is 0 Å². The fourth-order valence-corrected chi connectivity index (χ4v) is 8.84. The molecular formula is C51H40N2. The second-order valence-electron chi connectivity index (χ2n) is 14.9. The van der Waals surface area contributed by atoms with Crippen molar-refractivity contribution < 1.29 is 0 Å². The molecule has 0 saturated heterocycles. The summed E-state index contributed by atoms with van der Waals surface area (Å²) in [6.07, 6.45) is 8.07. The van der Waals surface area contributed by atoms with Gasteiger partial charge in [0, 0.05) is 33.2 Å². The van der Waals surface area contributed by atoms with Gasteiger partial charge in [-0.15, -0.1) is 0 Å². The van der Waals surface area contributed by atoms with Crippen LogP contribution >= 0.6 is 0 Å². The van der Waals surface area contributed by atoms with E-state index >= 15 is 0 Å². The largest absolute Gasteiger partial charge is 0.334 e. The van der Waals surface area contributed by atoms with Crippen molar-refractivity contribution in [3.8, 4) is 27.9 Å². The molecule has 1 atom stereocenters. The summed E-state index contributed by atoms with van der Waals surface area (Å²) in [7, 11) is 0. The van der Waals surface area contributed by atoms with Gasteiger partial charge in [-0.3, -0.25) is 0 Å². The summed E-state index contributed by atoms with van der Waals surface area (Å²) in [5.74, 6) is 0. The molecule has 0 bridgehead atoms. The molecule has 1 heterocycles. The predicted octanol–water partition coefficient (Wildman–Crippen LogP) is 13.3. The van der Waals surface area contributed by atoms with E-state index in [0.29, 0.717) is 0 Å². The van der Waals surface area contributed by atoms with Crippen LogP contribution < -0.4 is 4.90 Å². The second kappa shape index (κ2) is 12.4. The highest BCUT2D eigenvalue weighted by atomic mass is 15.2. The lowest BCUT2D eigenvalue weighted by atomic mass is 9.82. The number of para-hydroxylation sites is 2. The third kappa shape index (κ3) is 5.17. The third-order valence-corrected chi connectivity index (χ3v) is 11.5. The Labute approximate surface area is 311 Å². The average Bonchev–Trinajstić information content (AvgIpc) is 3.67. The fraction of sp³-hybridized carbons (Fsp3) is 0.0980. The van der Waals surface area contributed by atoms with E-state index in [0.717, 1.165) is 6.42 Å². The van der Waals surface area contributed by atoms with Gasteiger partial charge in [0.2, 0.25) is 0 Å². The zero-order chi connectivity index (χ0) is 35.5. The Morgan fingerprint density at radius 3 is 1.98 bits per heavy atom. The number of hydrogen-bond donors (Lipinski definition) is 0. The zero-order valence-electron chi connectivity index (χ0n) is 30.1. The molecule has 2 heteroatoms. The van der Waals surface area contributed by atoms with E-state index < -0.39 is 0 Å². The quantitative estimate of drug-likeness (QED) is 0.170. The van der Waals surface area contributed by atoms with Crippen LogP contribution in [-0.4, -0.2) is 10.6 Å². The predicted molar refractivity (Wildman–Crippen MR) is 224 cm³/mol. The summed E-state index contributed by atoms with van der Waals surface area (Å²) in [6.45, 7) is 4.72. The first kappa shape index (κ1) is 31.4. The number of fused-ring (bicyclic) bond motifs is 6. The minimum absolute atomic E-state index is 0.0485. The van der Waals surface area contributed by atoms with Crippen LogP contribution in [0.25, 0.3) is 55.3 Å². The van der Waals surface area contributed by atoms with Gasteiger partial charge in [0.1, 0.15) is 0 Å². The highest BCUT2D eigenvalue weighted by Gasteiger charge is 2.36. The van der Waals surface area contributed by atoms with E-state index in [-0.39, 0.29) is 11.5 Å². The van der Waals surface area contributed by atoms with Gasteiger partial charge in [0.05, 0.1) is 17.1 Å². The molecule has 0 N–H and O–H groups in total. The maximum absolute atomic E-state index is 2.52. The first-order chi connectivity index (χ1) is 26.0. The molecule has 10 rings (SSSR count). The number of aromatic nitrogens is 1. The van der Waals surface area contributed by atoms with Crippen molar-refractivity contribution in [3.63, 3.8) is 0 Å².